The van der Waals surface area contributed by atoms with Crippen LogP contribution in [0.15, 0.2) is 29.3 Å². The second-order valence-electron chi connectivity index (χ2n) is 5.43. The lowest BCUT2D eigenvalue weighted by atomic mass is 10.2. The van der Waals surface area contributed by atoms with E-state index >= 15 is 0 Å². The molecular formula is C15H24IN3O3. The van der Waals surface area contributed by atoms with E-state index in [0.29, 0.717) is 5.75 Å². The van der Waals surface area contributed by atoms with Crippen molar-refractivity contribution in [3.63, 3.8) is 0 Å². The zero-order valence-electron chi connectivity index (χ0n) is 13.4. The van der Waals surface area contributed by atoms with Gasteiger partial charge in [0, 0.05) is 0 Å². The van der Waals surface area contributed by atoms with E-state index in [0.717, 1.165) is 5.69 Å². The van der Waals surface area contributed by atoms with Crippen LogP contribution in [-0.4, -0.2) is 31.2 Å². The van der Waals surface area contributed by atoms with Crippen molar-refractivity contribution in [3.8, 4) is 5.75 Å². The number of carbonyl (C=O) groups is 1. The molecule has 124 valence electrons. The average Bonchev–Trinajstić information content (AvgIpc) is 2.37. The minimum absolute atomic E-state index is 0. The second-order valence-corrected chi connectivity index (χ2v) is 5.43. The van der Waals surface area contributed by atoms with Gasteiger partial charge in [-0.3, -0.25) is 9.79 Å². The number of para-hydroxylation sites is 2. The number of anilines is 1. The number of carbonyl (C=O) groups excluding carboxylic acids is 1. The number of nitrogens with zero attached hydrogens (tertiary/aromatic N) is 1. The molecule has 0 spiro atoms. The Morgan fingerprint density at radius 1 is 1.32 bits per heavy atom. The summed E-state index contributed by atoms with van der Waals surface area (Å²) in [7, 11) is 1.58. The molecule has 0 atom stereocenters. The SMILES string of the molecule is COc1ccccc1NC(N)=NCCC(=O)OC(C)(C)C.I. The molecule has 7 heteroatoms. The van der Waals surface area contributed by atoms with E-state index in [1.54, 1.807) is 7.11 Å². The Morgan fingerprint density at radius 3 is 2.55 bits per heavy atom. The van der Waals surface area contributed by atoms with Crippen LogP contribution in [0.3, 0.4) is 0 Å². The summed E-state index contributed by atoms with van der Waals surface area (Å²) in [4.78, 5) is 15.6. The second kappa shape index (κ2) is 9.50. The zero-order chi connectivity index (χ0) is 15.9. The van der Waals surface area contributed by atoms with Gasteiger partial charge in [0.05, 0.1) is 25.8 Å². The minimum atomic E-state index is -0.484. The summed E-state index contributed by atoms with van der Waals surface area (Å²) in [5, 5.41) is 2.93. The molecule has 1 aromatic carbocycles. The molecule has 0 bridgehead atoms. The van der Waals surface area contributed by atoms with Crippen molar-refractivity contribution in [2.24, 2.45) is 10.7 Å². The van der Waals surface area contributed by atoms with Crippen molar-refractivity contribution >= 4 is 41.6 Å². The first kappa shape index (κ1) is 20.5. The van der Waals surface area contributed by atoms with E-state index in [-0.39, 0.29) is 48.9 Å². The van der Waals surface area contributed by atoms with Crippen molar-refractivity contribution in [3.05, 3.63) is 24.3 Å². The lowest BCUT2D eigenvalue weighted by Crippen LogP contribution is -2.25. The summed E-state index contributed by atoms with van der Waals surface area (Å²) in [6.07, 6.45) is 0.186. The number of rotatable bonds is 5. The Hall–Kier alpha value is -1.51. The first-order valence-corrected chi connectivity index (χ1v) is 6.73. The monoisotopic (exact) mass is 421 g/mol. The van der Waals surface area contributed by atoms with Gasteiger partial charge in [-0.2, -0.15) is 0 Å². The van der Waals surface area contributed by atoms with Gasteiger partial charge in [0.2, 0.25) is 0 Å². The normalized spacial score (nSPS) is 11.4. The quantitative estimate of drug-likeness (QED) is 0.331. The molecule has 0 amide bonds. The van der Waals surface area contributed by atoms with Crippen molar-refractivity contribution in [2.45, 2.75) is 32.8 Å². The van der Waals surface area contributed by atoms with Gasteiger partial charge in [-0.05, 0) is 32.9 Å². The molecule has 0 fully saturated rings. The van der Waals surface area contributed by atoms with Gasteiger partial charge in [-0.1, -0.05) is 12.1 Å². The van der Waals surface area contributed by atoms with Crippen LogP contribution < -0.4 is 15.8 Å². The van der Waals surface area contributed by atoms with E-state index in [2.05, 4.69) is 10.3 Å². The van der Waals surface area contributed by atoms with Crippen molar-refractivity contribution in [1.82, 2.24) is 0 Å². The third-order valence-corrected chi connectivity index (χ3v) is 2.39. The smallest absolute Gasteiger partial charge is 0.308 e. The van der Waals surface area contributed by atoms with E-state index in [1.807, 2.05) is 45.0 Å². The van der Waals surface area contributed by atoms with Gasteiger partial charge in [0.1, 0.15) is 11.4 Å². The molecule has 0 aliphatic heterocycles. The average molecular weight is 421 g/mol. The van der Waals surface area contributed by atoms with Crippen LogP contribution in [0.2, 0.25) is 0 Å². The Kier molecular flexibility index (Phi) is 8.84. The summed E-state index contributed by atoms with van der Waals surface area (Å²) in [6.45, 7) is 5.74. The molecule has 0 saturated carbocycles. The summed E-state index contributed by atoms with van der Waals surface area (Å²) in [6, 6.07) is 7.37. The van der Waals surface area contributed by atoms with Gasteiger partial charge in [0.15, 0.2) is 5.96 Å². The molecular weight excluding hydrogens is 397 g/mol. The number of guanidine groups is 1. The maximum absolute atomic E-state index is 11.5. The molecule has 0 saturated heterocycles. The molecule has 0 aromatic heterocycles. The number of hydrogen-bond acceptors (Lipinski definition) is 4. The van der Waals surface area contributed by atoms with Crippen LogP contribution in [0.1, 0.15) is 27.2 Å². The number of halogens is 1. The van der Waals surface area contributed by atoms with Gasteiger partial charge in [-0.25, -0.2) is 0 Å². The standard InChI is InChI=1S/C15H23N3O3.HI/c1-15(2,3)21-13(19)9-10-17-14(16)18-11-7-5-6-8-12(11)20-4;/h5-8H,9-10H2,1-4H3,(H3,16,17,18);1H. The van der Waals surface area contributed by atoms with Gasteiger partial charge in [0.25, 0.3) is 0 Å². The first-order chi connectivity index (χ1) is 9.81. The fraction of sp³-hybridized carbons (Fsp3) is 0.467. The fourth-order valence-corrected chi connectivity index (χ4v) is 1.59. The Bertz CT molecular complexity index is 513. The lowest BCUT2D eigenvalue weighted by molar-refractivity contribution is -0.154. The Labute approximate surface area is 148 Å². The van der Waals surface area contributed by atoms with Gasteiger partial charge in [-0.15, -0.1) is 24.0 Å². The maximum atomic E-state index is 11.5. The highest BCUT2D eigenvalue weighted by molar-refractivity contribution is 14.0. The summed E-state index contributed by atoms with van der Waals surface area (Å²) >= 11 is 0. The number of methoxy groups -OCH3 is 1. The van der Waals surface area contributed by atoms with Crippen LogP contribution >= 0.6 is 24.0 Å². The Morgan fingerprint density at radius 2 is 1.95 bits per heavy atom. The third kappa shape index (κ3) is 8.06. The molecule has 0 radical (unpaired) electrons. The summed E-state index contributed by atoms with van der Waals surface area (Å²) < 4.78 is 10.4. The molecule has 1 rings (SSSR count). The Balaban J connectivity index is 0.00000441. The van der Waals surface area contributed by atoms with Crippen LogP contribution in [0.5, 0.6) is 5.75 Å². The number of benzene rings is 1. The maximum Gasteiger partial charge on any atom is 0.308 e. The number of aliphatic imine (C=N–C) groups is 1. The third-order valence-electron chi connectivity index (χ3n) is 2.39. The van der Waals surface area contributed by atoms with E-state index < -0.39 is 5.60 Å². The zero-order valence-corrected chi connectivity index (χ0v) is 15.7. The van der Waals surface area contributed by atoms with Crippen molar-refractivity contribution in [2.75, 3.05) is 19.0 Å². The number of esters is 1. The molecule has 22 heavy (non-hydrogen) atoms. The molecule has 0 unspecified atom stereocenters. The number of nitrogens with one attached hydrogen (secondary N) is 1. The highest BCUT2D eigenvalue weighted by Crippen LogP contribution is 2.22. The van der Waals surface area contributed by atoms with Crippen LogP contribution in [-0.2, 0) is 9.53 Å². The van der Waals surface area contributed by atoms with Crippen LogP contribution in [0, 0.1) is 0 Å². The van der Waals surface area contributed by atoms with E-state index in [9.17, 15) is 4.79 Å². The predicted octanol–water partition coefficient (Wildman–Crippen LogP) is 2.77. The van der Waals surface area contributed by atoms with Gasteiger partial charge >= 0.3 is 5.97 Å². The summed E-state index contributed by atoms with van der Waals surface area (Å²) in [5.74, 6) is 0.599. The first-order valence-electron chi connectivity index (χ1n) is 6.73. The fourth-order valence-electron chi connectivity index (χ4n) is 1.59. The number of ether oxygens (including phenoxy) is 2. The largest absolute Gasteiger partial charge is 0.495 e. The minimum Gasteiger partial charge on any atom is -0.495 e. The molecule has 6 nitrogen and oxygen atoms in total. The molecule has 0 aliphatic rings. The van der Waals surface area contributed by atoms with Crippen molar-refractivity contribution < 1.29 is 14.3 Å². The summed E-state index contributed by atoms with van der Waals surface area (Å²) in [5.41, 5.74) is 6.01. The number of nitrogens with two attached hydrogens (primary N) is 1. The molecule has 0 aliphatic carbocycles. The highest BCUT2D eigenvalue weighted by Gasteiger charge is 2.15. The highest BCUT2D eigenvalue weighted by atomic mass is 127. The molecule has 3 N–H and O–H groups in total. The van der Waals surface area contributed by atoms with E-state index in [1.165, 1.54) is 0 Å². The van der Waals surface area contributed by atoms with Crippen LogP contribution in [0.25, 0.3) is 0 Å². The van der Waals surface area contributed by atoms with Crippen molar-refractivity contribution in [1.29, 1.82) is 0 Å². The van der Waals surface area contributed by atoms with E-state index in [4.69, 9.17) is 15.2 Å². The molecule has 0 heterocycles. The number of hydrogen-bond donors (Lipinski definition) is 2. The lowest BCUT2D eigenvalue weighted by Gasteiger charge is -2.19. The van der Waals surface area contributed by atoms with Gasteiger partial charge < -0.3 is 20.5 Å². The molecule has 1 aromatic rings. The van der Waals surface area contributed by atoms with Crippen LogP contribution in [0.4, 0.5) is 5.69 Å². The predicted molar refractivity (Wildman–Crippen MR) is 99.0 cm³/mol. The topological polar surface area (TPSA) is 85.9 Å².